The quantitative estimate of drug-likeness (QED) is 0.197. The second-order valence-electron chi connectivity index (χ2n) is 11.0. The Morgan fingerprint density at radius 2 is 1.73 bits per heavy atom. The number of hydrogen-bond donors (Lipinski definition) is 1. The predicted octanol–water partition coefficient (Wildman–Crippen LogP) is 5.67. The lowest BCUT2D eigenvalue weighted by Gasteiger charge is -2.34. The molecular formula is C31H34Cl2N4O6S. The molecule has 0 aliphatic heterocycles. The summed E-state index contributed by atoms with van der Waals surface area (Å²) in [6, 6.07) is 16.8. The Bertz CT molecular complexity index is 1630. The van der Waals surface area contributed by atoms with Crippen LogP contribution in [0.2, 0.25) is 10.0 Å². The van der Waals surface area contributed by atoms with Gasteiger partial charge in [0.05, 0.1) is 16.9 Å². The average Bonchev–Trinajstić information content (AvgIpc) is 3.48. The number of nitrogens with zero attached hydrogens (tertiary/aromatic N) is 3. The first-order valence-corrected chi connectivity index (χ1v) is 16.7. The molecule has 0 bridgehead atoms. The Morgan fingerprint density at radius 3 is 2.34 bits per heavy atom. The lowest BCUT2D eigenvalue weighted by molar-refractivity contribution is -0.384. The number of nitro groups is 1. The van der Waals surface area contributed by atoms with Crippen LogP contribution in [0.3, 0.4) is 0 Å². The molecule has 3 aromatic carbocycles. The van der Waals surface area contributed by atoms with Gasteiger partial charge in [-0.1, -0.05) is 78.5 Å². The maximum atomic E-state index is 14.3. The van der Waals surface area contributed by atoms with Crippen LogP contribution in [-0.4, -0.2) is 54.9 Å². The number of aryl methyl sites for hydroxylation is 1. The highest BCUT2D eigenvalue weighted by molar-refractivity contribution is 7.92. The van der Waals surface area contributed by atoms with Gasteiger partial charge in [-0.25, -0.2) is 8.42 Å². The van der Waals surface area contributed by atoms with Gasteiger partial charge in [0.2, 0.25) is 21.8 Å². The molecule has 0 unspecified atom stereocenters. The summed E-state index contributed by atoms with van der Waals surface area (Å²) >= 11 is 12.6. The molecule has 2 amide bonds. The van der Waals surface area contributed by atoms with Gasteiger partial charge in [0.25, 0.3) is 5.69 Å². The van der Waals surface area contributed by atoms with Gasteiger partial charge in [-0.2, -0.15) is 0 Å². The van der Waals surface area contributed by atoms with Gasteiger partial charge in [0.15, 0.2) is 0 Å². The van der Waals surface area contributed by atoms with Gasteiger partial charge in [-0.15, -0.1) is 0 Å². The maximum Gasteiger partial charge on any atom is 0.271 e. The Labute approximate surface area is 267 Å². The van der Waals surface area contributed by atoms with Crippen LogP contribution < -0.4 is 9.62 Å². The van der Waals surface area contributed by atoms with Crippen LogP contribution in [0.5, 0.6) is 0 Å². The number of nitro benzene ring substituents is 1. The third-order valence-corrected chi connectivity index (χ3v) is 9.39. The summed E-state index contributed by atoms with van der Waals surface area (Å²) in [4.78, 5) is 40.4. The molecule has 0 saturated heterocycles. The Morgan fingerprint density at radius 1 is 1.05 bits per heavy atom. The largest absolute Gasteiger partial charge is 0.352 e. The highest BCUT2D eigenvalue weighted by Crippen LogP contribution is 2.29. The number of sulfonamides is 1. The minimum Gasteiger partial charge on any atom is -0.352 e. The van der Waals surface area contributed by atoms with Gasteiger partial charge < -0.3 is 10.2 Å². The number of carbonyl (C=O) groups excluding carboxylic acids is 2. The molecule has 1 atom stereocenters. The molecule has 10 nitrogen and oxygen atoms in total. The molecular weight excluding hydrogens is 627 g/mol. The van der Waals surface area contributed by atoms with Crippen LogP contribution in [-0.2, 0) is 32.6 Å². The number of anilines is 1. The molecule has 44 heavy (non-hydrogen) atoms. The summed E-state index contributed by atoms with van der Waals surface area (Å²) in [5.41, 5.74) is 1.40. The van der Waals surface area contributed by atoms with E-state index >= 15 is 0 Å². The van der Waals surface area contributed by atoms with Gasteiger partial charge in [-0.3, -0.25) is 24.0 Å². The zero-order valence-corrected chi connectivity index (χ0v) is 26.7. The van der Waals surface area contributed by atoms with Gasteiger partial charge in [-0.05, 0) is 48.6 Å². The van der Waals surface area contributed by atoms with E-state index in [2.05, 4.69) is 5.32 Å². The average molecular weight is 662 g/mol. The van der Waals surface area contributed by atoms with E-state index in [4.69, 9.17) is 23.2 Å². The van der Waals surface area contributed by atoms with Crippen molar-refractivity contribution < 1.29 is 22.9 Å². The highest BCUT2D eigenvalue weighted by Gasteiger charge is 2.35. The van der Waals surface area contributed by atoms with Crippen molar-refractivity contribution >= 4 is 56.4 Å². The summed E-state index contributed by atoms with van der Waals surface area (Å²) in [6.45, 7) is 0.782. The molecule has 1 fully saturated rings. The first-order valence-electron chi connectivity index (χ1n) is 14.1. The molecule has 13 heteroatoms. The summed E-state index contributed by atoms with van der Waals surface area (Å²) < 4.78 is 27.0. The van der Waals surface area contributed by atoms with Crippen LogP contribution in [0, 0.1) is 17.0 Å². The first kappa shape index (κ1) is 33.2. The van der Waals surface area contributed by atoms with Crippen LogP contribution in [0.1, 0.15) is 42.4 Å². The lowest BCUT2D eigenvalue weighted by Crippen LogP contribution is -2.54. The summed E-state index contributed by atoms with van der Waals surface area (Å²) in [7, 11) is -4.10. The molecule has 234 valence electrons. The third-order valence-electron chi connectivity index (χ3n) is 7.68. The molecule has 1 saturated carbocycles. The number of halogens is 2. The zero-order valence-electron chi connectivity index (χ0n) is 24.4. The molecule has 1 N–H and O–H groups in total. The number of carbonyl (C=O) groups is 2. The molecule has 1 aliphatic carbocycles. The Hall–Kier alpha value is -3.67. The molecule has 0 spiro atoms. The van der Waals surface area contributed by atoms with E-state index < -0.39 is 33.4 Å². The fraction of sp³-hybridized carbons (Fsp3) is 0.355. The van der Waals surface area contributed by atoms with E-state index in [0.29, 0.717) is 16.1 Å². The molecule has 3 aromatic rings. The van der Waals surface area contributed by atoms with Crippen molar-refractivity contribution in [1.82, 2.24) is 10.2 Å². The van der Waals surface area contributed by atoms with Crippen molar-refractivity contribution in [2.24, 2.45) is 0 Å². The van der Waals surface area contributed by atoms with Crippen LogP contribution in [0.25, 0.3) is 0 Å². The maximum absolute atomic E-state index is 14.3. The number of rotatable bonds is 12. The molecule has 0 heterocycles. The Balaban J connectivity index is 1.78. The minimum atomic E-state index is -4.10. The fourth-order valence-electron chi connectivity index (χ4n) is 5.33. The van der Waals surface area contributed by atoms with Gasteiger partial charge in [0, 0.05) is 41.2 Å². The van der Waals surface area contributed by atoms with E-state index in [-0.39, 0.29) is 41.3 Å². The summed E-state index contributed by atoms with van der Waals surface area (Å²) in [5, 5.41) is 15.3. The number of amides is 2. The summed E-state index contributed by atoms with van der Waals surface area (Å²) in [6.07, 6.45) is 4.72. The number of nitrogens with one attached hydrogen (secondary N) is 1. The third kappa shape index (κ3) is 8.49. The van der Waals surface area contributed by atoms with E-state index in [9.17, 15) is 28.1 Å². The van der Waals surface area contributed by atoms with Crippen molar-refractivity contribution in [2.75, 3.05) is 17.1 Å². The monoisotopic (exact) mass is 660 g/mol. The van der Waals surface area contributed by atoms with Crippen LogP contribution in [0.15, 0.2) is 66.7 Å². The van der Waals surface area contributed by atoms with Crippen LogP contribution in [0.4, 0.5) is 11.4 Å². The first-order chi connectivity index (χ1) is 20.8. The van der Waals surface area contributed by atoms with E-state index in [1.165, 1.54) is 23.1 Å². The Kier molecular flexibility index (Phi) is 10.9. The lowest BCUT2D eigenvalue weighted by atomic mass is 10.0. The summed E-state index contributed by atoms with van der Waals surface area (Å²) in [5.74, 6) is -1.05. The minimum absolute atomic E-state index is 0.00505. The van der Waals surface area contributed by atoms with Crippen molar-refractivity contribution in [3.63, 3.8) is 0 Å². The second kappa shape index (κ2) is 14.4. The van der Waals surface area contributed by atoms with Crippen molar-refractivity contribution in [3.8, 4) is 0 Å². The topological polar surface area (TPSA) is 130 Å². The fourth-order valence-corrected chi connectivity index (χ4v) is 6.70. The van der Waals surface area contributed by atoms with Gasteiger partial charge >= 0.3 is 0 Å². The van der Waals surface area contributed by atoms with Crippen molar-refractivity contribution in [3.05, 3.63) is 104 Å². The van der Waals surface area contributed by atoms with E-state index in [1.807, 2.05) is 30.3 Å². The number of benzene rings is 3. The number of non-ortho nitro benzene ring substituents is 1. The normalized spacial score (nSPS) is 14.2. The van der Waals surface area contributed by atoms with E-state index in [0.717, 1.165) is 47.9 Å². The molecule has 0 aromatic heterocycles. The molecule has 0 radical (unpaired) electrons. The van der Waals surface area contributed by atoms with Crippen LogP contribution >= 0.6 is 23.2 Å². The predicted molar refractivity (Wildman–Crippen MR) is 171 cm³/mol. The van der Waals surface area contributed by atoms with E-state index in [1.54, 1.807) is 19.1 Å². The zero-order chi connectivity index (χ0) is 32.0. The SMILES string of the molecule is Cc1ccc([N+](=O)[O-])cc1N(CC(=O)N(Cc1ccc(Cl)cc1Cl)[C@@H](Cc1ccccc1)C(=O)NC1CCCC1)S(C)(=O)=O. The molecule has 1 aliphatic rings. The molecule has 4 rings (SSSR count). The second-order valence-corrected chi connectivity index (χ2v) is 13.7. The number of hydrogen-bond acceptors (Lipinski definition) is 6. The highest BCUT2D eigenvalue weighted by atomic mass is 35.5. The van der Waals surface area contributed by atoms with Crippen molar-refractivity contribution in [2.45, 2.75) is 57.7 Å². The smallest absolute Gasteiger partial charge is 0.271 e. The standard InChI is InChI=1S/C31H34Cl2N4O6S/c1-21-12-15-26(37(40)41)18-28(21)36(44(2,42)43)20-30(38)35(19-23-13-14-24(32)17-27(23)33)29(16-22-8-4-3-5-9-22)31(39)34-25-10-6-7-11-25/h3-5,8-9,12-15,17-18,25,29H,6-7,10-11,16,19-20H2,1-2H3,(H,34,39)/t29-/m0/s1. The van der Waals surface area contributed by atoms with Crippen molar-refractivity contribution in [1.29, 1.82) is 0 Å². The van der Waals surface area contributed by atoms with Gasteiger partial charge in [0.1, 0.15) is 12.6 Å².